The molecule has 0 aliphatic heterocycles. The van der Waals surface area contributed by atoms with Gasteiger partial charge in [0.1, 0.15) is 6.07 Å². The number of carbonyl (C=O) groups is 1. The molecule has 160 valence electrons. The van der Waals surface area contributed by atoms with Crippen LogP contribution in [0.5, 0.6) is 0 Å². The molecule has 0 saturated carbocycles. The minimum Gasteiger partial charge on any atom is -0.324 e. The number of nitrogens with one attached hydrogen (secondary N) is 1. The Morgan fingerprint density at radius 2 is 2.00 bits per heavy atom. The number of fused-ring (bicyclic) bond motifs is 1. The van der Waals surface area contributed by atoms with E-state index in [0.29, 0.717) is 44.8 Å². The van der Waals surface area contributed by atoms with E-state index in [-0.39, 0.29) is 11.5 Å². The van der Waals surface area contributed by atoms with Gasteiger partial charge in [-0.3, -0.25) is 14.2 Å². The van der Waals surface area contributed by atoms with Gasteiger partial charge >= 0.3 is 0 Å². The monoisotopic (exact) mass is 454 g/mol. The molecule has 1 heterocycles. The van der Waals surface area contributed by atoms with E-state index < -0.39 is 5.25 Å². The Bertz CT molecular complexity index is 1220. The summed E-state index contributed by atoms with van der Waals surface area (Å²) in [5.74, 6) is 0.136. The van der Waals surface area contributed by atoms with Crippen LogP contribution in [-0.4, -0.2) is 20.7 Å². The Hall–Kier alpha value is -2.82. The minimum absolute atomic E-state index is 0.146. The minimum atomic E-state index is -0.541. The SMILES string of the molecule is CC(C)CCn1c(SC(C)C(=O)Nc2ccccc2C#N)nc2cc(Cl)ccc2c1=O. The number of benzene rings is 2. The fourth-order valence-electron chi connectivity index (χ4n) is 2.98. The molecule has 3 aromatic rings. The first-order valence-corrected chi connectivity index (χ1v) is 11.2. The second-order valence-corrected chi connectivity index (χ2v) is 9.35. The Morgan fingerprint density at radius 3 is 2.71 bits per heavy atom. The van der Waals surface area contributed by atoms with Crippen LogP contribution in [0.25, 0.3) is 10.9 Å². The number of hydrogen-bond acceptors (Lipinski definition) is 5. The van der Waals surface area contributed by atoms with Crippen molar-refractivity contribution in [2.75, 3.05) is 5.32 Å². The molecule has 0 spiro atoms. The highest BCUT2D eigenvalue weighted by Crippen LogP contribution is 2.26. The number of amides is 1. The lowest BCUT2D eigenvalue weighted by molar-refractivity contribution is -0.115. The first kappa shape index (κ1) is 22.9. The van der Waals surface area contributed by atoms with Gasteiger partial charge in [-0.1, -0.05) is 49.3 Å². The van der Waals surface area contributed by atoms with Crippen molar-refractivity contribution >= 4 is 45.9 Å². The quantitative estimate of drug-likeness (QED) is 0.397. The van der Waals surface area contributed by atoms with Crippen molar-refractivity contribution in [3.05, 3.63) is 63.4 Å². The maximum Gasteiger partial charge on any atom is 0.262 e. The zero-order valence-electron chi connectivity index (χ0n) is 17.6. The van der Waals surface area contributed by atoms with Gasteiger partial charge in [-0.05, 0) is 49.6 Å². The van der Waals surface area contributed by atoms with Gasteiger partial charge in [0.25, 0.3) is 5.56 Å². The Labute approximate surface area is 190 Å². The summed E-state index contributed by atoms with van der Waals surface area (Å²) in [6.07, 6.45) is 0.810. The molecule has 1 amide bonds. The van der Waals surface area contributed by atoms with E-state index in [1.165, 1.54) is 11.8 Å². The molecular weight excluding hydrogens is 432 g/mol. The number of hydrogen-bond donors (Lipinski definition) is 1. The molecule has 3 rings (SSSR count). The largest absolute Gasteiger partial charge is 0.324 e. The van der Waals surface area contributed by atoms with Crippen LogP contribution in [-0.2, 0) is 11.3 Å². The van der Waals surface area contributed by atoms with E-state index >= 15 is 0 Å². The summed E-state index contributed by atoms with van der Waals surface area (Å²) in [6, 6.07) is 13.9. The van der Waals surface area contributed by atoms with Gasteiger partial charge in [-0.15, -0.1) is 0 Å². The number of nitriles is 1. The maximum absolute atomic E-state index is 13.1. The van der Waals surface area contributed by atoms with Crippen LogP contribution in [0.1, 0.15) is 32.8 Å². The van der Waals surface area contributed by atoms with Gasteiger partial charge in [-0.2, -0.15) is 5.26 Å². The van der Waals surface area contributed by atoms with Gasteiger partial charge in [0, 0.05) is 11.6 Å². The molecule has 0 aliphatic carbocycles. The first-order valence-electron chi connectivity index (χ1n) is 9.97. The van der Waals surface area contributed by atoms with E-state index in [0.717, 1.165) is 6.42 Å². The topological polar surface area (TPSA) is 87.8 Å². The normalized spacial score (nSPS) is 12.0. The van der Waals surface area contributed by atoms with E-state index in [1.54, 1.807) is 54.0 Å². The highest BCUT2D eigenvalue weighted by Gasteiger charge is 2.20. The van der Waals surface area contributed by atoms with E-state index in [4.69, 9.17) is 11.6 Å². The second-order valence-electron chi connectivity index (χ2n) is 7.60. The number of aromatic nitrogens is 2. The third-order valence-electron chi connectivity index (χ3n) is 4.77. The average Bonchev–Trinajstić information content (AvgIpc) is 2.73. The fraction of sp³-hybridized carbons (Fsp3) is 0.304. The molecule has 0 fully saturated rings. The Balaban J connectivity index is 1.92. The summed E-state index contributed by atoms with van der Waals surface area (Å²) in [5, 5.41) is 12.9. The smallest absolute Gasteiger partial charge is 0.262 e. The summed E-state index contributed by atoms with van der Waals surface area (Å²) in [5.41, 5.74) is 1.20. The Kier molecular flexibility index (Phi) is 7.37. The van der Waals surface area contributed by atoms with Gasteiger partial charge in [0.15, 0.2) is 5.16 Å². The number of nitrogens with zero attached hydrogens (tertiary/aromatic N) is 3. The number of rotatable bonds is 7. The van der Waals surface area contributed by atoms with Crippen molar-refractivity contribution in [1.82, 2.24) is 9.55 Å². The Morgan fingerprint density at radius 1 is 1.26 bits per heavy atom. The number of anilines is 1. The van der Waals surface area contributed by atoms with Crippen LogP contribution in [0.3, 0.4) is 0 Å². The summed E-state index contributed by atoms with van der Waals surface area (Å²) >= 11 is 7.31. The van der Waals surface area contributed by atoms with Crippen molar-refractivity contribution < 1.29 is 4.79 Å². The molecule has 0 aliphatic rings. The van der Waals surface area contributed by atoms with Crippen LogP contribution in [0.15, 0.2) is 52.4 Å². The van der Waals surface area contributed by atoms with Crippen LogP contribution >= 0.6 is 23.4 Å². The highest BCUT2D eigenvalue weighted by atomic mass is 35.5. The molecule has 2 aromatic carbocycles. The van der Waals surface area contributed by atoms with Crippen LogP contribution in [0.2, 0.25) is 5.02 Å². The number of halogens is 1. The molecule has 0 saturated heterocycles. The highest BCUT2D eigenvalue weighted by molar-refractivity contribution is 8.00. The summed E-state index contributed by atoms with van der Waals surface area (Å²) in [7, 11) is 0. The lowest BCUT2D eigenvalue weighted by Gasteiger charge is -2.17. The number of carbonyl (C=O) groups excluding carboxylic acids is 1. The third-order valence-corrected chi connectivity index (χ3v) is 6.09. The van der Waals surface area contributed by atoms with Gasteiger partial charge in [-0.25, -0.2) is 4.98 Å². The number of thioether (sulfide) groups is 1. The zero-order valence-corrected chi connectivity index (χ0v) is 19.1. The van der Waals surface area contributed by atoms with Crippen molar-refractivity contribution in [2.24, 2.45) is 5.92 Å². The second kappa shape index (κ2) is 9.99. The van der Waals surface area contributed by atoms with Gasteiger partial charge < -0.3 is 5.32 Å². The van der Waals surface area contributed by atoms with Gasteiger partial charge in [0.2, 0.25) is 5.91 Å². The van der Waals surface area contributed by atoms with Crippen molar-refractivity contribution in [2.45, 2.75) is 44.1 Å². The molecule has 1 N–H and O–H groups in total. The summed E-state index contributed by atoms with van der Waals surface area (Å²) in [6.45, 7) is 6.44. The average molecular weight is 455 g/mol. The number of para-hydroxylation sites is 1. The summed E-state index contributed by atoms with van der Waals surface area (Å²) < 4.78 is 1.63. The first-order chi connectivity index (χ1) is 14.8. The fourth-order valence-corrected chi connectivity index (χ4v) is 4.08. The third kappa shape index (κ3) is 5.46. The molecule has 6 nitrogen and oxygen atoms in total. The predicted molar refractivity (Wildman–Crippen MR) is 126 cm³/mol. The molecule has 31 heavy (non-hydrogen) atoms. The molecular formula is C23H23ClN4O2S. The predicted octanol–water partition coefficient (Wildman–Crippen LogP) is 5.09. The molecule has 1 aromatic heterocycles. The molecule has 1 unspecified atom stereocenters. The van der Waals surface area contributed by atoms with Gasteiger partial charge in [0.05, 0.1) is 27.4 Å². The van der Waals surface area contributed by atoms with Crippen LogP contribution < -0.4 is 10.9 Å². The molecule has 8 heteroatoms. The van der Waals surface area contributed by atoms with Crippen molar-refractivity contribution in [3.63, 3.8) is 0 Å². The van der Waals surface area contributed by atoms with E-state index in [1.807, 2.05) is 0 Å². The van der Waals surface area contributed by atoms with Crippen LogP contribution in [0.4, 0.5) is 5.69 Å². The molecule has 1 atom stereocenters. The molecule has 0 bridgehead atoms. The van der Waals surface area contributed by atoms with Crippen molar-refractivity contribution in [1.29, 1.82) is 5.26 Å². The lowest BCUT2D eigenvalue weighted by Crippen LogP contribution is -2.27. The van der Waals surface area contributed by atoms with E-state index in [2.05, 4.69) is 30.2 Å². The molecule has 0 radical (unpaired) electrons. The standard InChI is InChI=1S/C23H23ClN4O2S/c1-14(2)10-11-28-22(30)18-9-8-17(24)12-20(18)27-23(28)31-15(3)21(29)26-19-7-5-4-6-16(19)13-25/h4-9,12,14-15H,10-11H2,1-3H3,(H,26,29). The maximum atomic E-state index is 13.1. The van der Waals surface area contributed by atoms with Crippen LogP contribution in [0, 0.1) is 17.2 Å². The van der Waals surface area contributed by atoms with E-state index in [9.17, 15) is 14.9 Å². The summed E-state index contributed by atoms with van der Waals surface area (Å²) in [4.78, 5) is 30.6. The lowest BCUT2D eigenvalue weighted by atomic mass is 10.1. The van der Waals surface area contributed by atoms with Crippen molar-refractivity contribution in [3.8, 4) is 6.07 Å². The zero-order chi connectivity index (χ0) is 22.5.